The topological polar surface area (TPSA) is 145 Å². The molecule has 1 amide bonds. The molecule has 186 valence electrons. The number of hydrogen-bond donors (Lipinski definition) is 3. The van der Waals surface area contributed by atoms with Gasteiger partial charge < -0.3 is 15.3 Å². The number of nitrogens with zero attached hydrogens (tertiary/aromatic N) is 2. The van der Waals surface area contributed by atoms with Crippen molar-refractivity contribution in [2.45, 2.75) is 57.4 Å². The van der Waals surface area contributed by atoms with Gasteiger partial charge in [-0.25, -0.2) is 8.42 Å². The molecule has 12 heteroatoms. The fourth-order valence-corrected chi connectivity index (χ4v) is 6.42. The molecule has 1 aromatic carbocycles. The number of fused-ring (bicyclic) bond motifs is 2. The second-order valence-corrected chi connectivity index (χ2v) is 13.6. The van der Waals surface area contributed by atoms with Gasteiger partial charge in [0.05, 0.1) is 11.9 Å². The van der Waals surface area contributed by atoms with Crippen LogP contribution in [0.1, 0.15) is 46.5 Å². The third-order valence-electron chi connectivity index (χ3n) is 6.33. The Morgan fingerprint density at radius 1 is 1.26 bits per heavy atom. The van der Waals surface area contributed by atoms with Crippen molar-refractivity contribution in [1.29, 1.82) is 0 Å². The van der Waals surface area contributed by atoms with Gasteiger partial charge in [0.15, 0.2) is 5.84 Å². The van der Waals surface area contributed by atoms with Crippen LogP contribution < -0.4 is 10.0 Å². The number of benzene rings is 1. The summed E-state index contributed by atoms with van der Waals surface area (Å²) in [6.07, 6.45) is 4.07. The summed E-state index contributed by atoms with van der Waals surface area (Å²) in [4.78, 5) is 15.1. The summed E-state index contributed by atoms with van der Waals surface area (Å²) in [6.45, 7) is 6.76. The van der Waals surface area contributed by atoms with Crippen molar-refractivity contribution < 1.29 is 26.7 Å². The van der Waals surface area contributed by atoms with Gasteiger partial charge in [-0.05, 0) is 42.9 Å². The molecule has 3 aliphatic rings. The first-order valence-electron chi connectivity index (χ1n) is 11.1. The minimum absolute atomic E-state index is 0.00164. The van der Waals surface area contributed by atoms with Gasteiger partial charge in [0.25, 0.3) is 15.9 Å². The maximum absolute atomic E-state index is 13.5. The van der Waals surface area contributed by atoms with Gasteiger partial charge in [0.2, 0.25) is 10.0 Å². The van der Waals surface area contributed by atoms with Crippen LogP contribution in [-0.2, 0) is 24.8 Å². The number of carbonyl (C=O) groups is 1. The van der Waals surface area contributed by atoms with E-state index in [1.54, 1.807) is 4.90 Å². The zero-order valence-corrected chi connectivity index (χ0v) is 21.3. The SMILES string of the molecule is CC(C)(C)CCN1C(=O)C(C2=NS(=O)(=O)c3cc(NS(C)(=O)=O)ccc3N2)=C(O)C2CCCC21. The van der Waals surface area contributed by atoms with Gasteiger partial charge in [-0.1, -0.05) is 27.2 Å². The number of anilines is 2. The van der Waals surface area contributed by atoms with E-state index in [4.69, 9.17) is 0 Å². The Morgan fingerprint density at radius 3 is 2.62 bits per heavy atom. The third-order valence-corrected chi connectivity index (χ3v) is 8.25. The number of amidine groups is 1. The van der Waals surface area contributed by atoms with Crippen molar-refractivity contribution in [2.75, 3.05) is 22.8 Å². The van der Waals surface area contributed by atoms with E-state index >= 15 is 0 Å². The van der Waals surface area contributed by atoms with Crippen LogP contribution in [0.5, 0.6) is 0 Å². The summed E-state index contributed by atoms with van der Waals surface area (Å²) < 4.78 is 55.1. The smallest absolute Gasteiger partial charge is 0.286 e. The lowest BCUT2D eigenvalue weighted by atomic mass is 9.87. The summed E-state index contributed by atoms with van der Waals surface area (Å²) in [6, 6.07) is 3.86. The van der Waals surface area contributed by atoms with Crippen molar-refractivity contribution in [2.24, 2.45) is 15.7 Å². The third kappa shape index (κ3) is 4.78. The number of carbonyl (C=O) groups excluding carboxylic acids is 1. The van der Waals surface area contributed by atoms with Crippen LogP contribution in [0.2, 0.25) is 0 Å². The zero-order chi connectivity index (χ0) is 25.1. The molecule has 3 N–H and O–H groups in total. The molecule has 0 spiro atoms. The molecule has 4 rings (SSSR count). The minimum atomic E-state index is -4.27. The van der Waals surface area contributed by atoms with E-state index < -0.39 is 26.0 Å². The van der Waals surface area contributed by atoms with Crippen LogP contribution >= 0.6 is 0 Å². The molecule has 2 aliphatic heterocycles. The van der Waals surface area contributed by atoms with E-state index in [2.05, 4.69) is 35.2 Å². The minimum Gasteiger partial charge on any atom is -0.511 e. The van der Waals surface area contributed by atoms with Crippen LogP contribution in [0.4, 0.5) is 11.4 Å². The van der Waals surface area contributed by atoms with Crippen LogP contribution in [0.25, 0.3) is 0 Å². The molecule has 0 radical (unpaired) electrons. The number of amides is 1. The first-order valence-corrected chi connectivity index (χ1v) is 14.5. The summed E-state index contributed by atoms with van der Waals surface area (Å²) >= 11 is 0. The summed E-state index contributed by atoms with van der Waals surface area (Å²) in [5, 5.41) is 13.9. The zero-order valence-electron chi connectivity index (χ0n) is 19.6. The maximum Gasteiger partial charge on any atom is 0.286 e. The first kappa shape index (κ1) is 24.5. The molecule has 0 bridgehead atoms. The van der Waals surface area contributed by atoms with Crippen LogP contribution in [0, 0.1) is 11.3 Å². The highest BCUT2D eigenvalue weighted by Crippen LogP contribution is 2.42. The standard InChI is InChI=1S/C22H30N4O6S2/c1-22(2,3)10-11-26-16-7-5-6-14(16)19(27)18(21(26)28)20-23-15-9-8-13(24-33(4,29)30)12-17(15)34(31,32)25-20/h8-9,12,14,16,24,27H,5-7,10-11H2,1-4H3,(H,23,25). The Bertz CT molecular complexity index is 1310. The molecule has 1 aromatic rings. The largest absolute Gasteiger partial charge is 0.511 e. The maximum atomic E-state index is 13.5. The van der Waals surface area contributed by atoms with Gasteiger partial charge >= 0.3 is 0 Å². The Kier molecular flexibility index (Phi) is 5.96. The monoisotopic (exact) mass is 510 g/mol. The molecule has 10 nitrogen and oxygen atoms in total. The fourth-order valence-electron chi connectivity index (χ4n) is 4.71. The molecule has 2 unspecified atom stereocenters. The van der Waals surface area contributed by atoms with Gasteiger partial charge in [0, 0.05) is 24.2 Å². The van der Waals surface area contributed by atoms with E-state index in [-0.39, 0.29) is 50.8 Å². The molecule has 2 heterocycles. The fraction of sp³-hybridized carbons (Fsp3) is 0.545. The highest BCUT2D eigenvalue weighted by Gasteiger charge is 2.46. The van der Waals surface area contributed by atoms with E-state index in [9.17, 15) is 26.7 Å². The van der Waals surface area contributed by atoms with E-state index in [0.717, 1.165) is 25.5 Å². The molecule has 0 saturated heterocycles. The molecular formula is C22H30N4O6S2. The van der Waals surface area contributed by atoms with Crippen LogP contribution in [0.3, 0.4) is 0 Å². The van der Waals surface area contributed by atoms with Crippen molar-refractivity contribution in [1.82, 2.24) is 4.90 Å². The average molecular weight is 511 g/mol. The molecule has 1 aliphatic carbocycles. The predicted molar refractivity (Wildman–Crippen MR) is 130 cm³/mol. The number of hydrogen-bond acceptors (Lipinski definition) is 7. The first-order chi connectivity index (χ1) is 15.7. The second-order valence-electron chi connectivity index (χ2n) is 10.3. The van der Waals surface area contributed by atoms with Gasteiger partial charge in [-0.15, -0.1) is 4.40 Å². The van der Waals surface area contributed by atoms with E-state index in [1.807, 2.05) is 0 Å². The van der Waals surface area contributed by atoms with Gasteiger partial charge in [-0.2, -0.15) is 8.42 Å². The summed E-state index contributed by atoms with van der Waals surface area (Å²) in [7, 11) is -7.87. The molecule has 1 fully saturated rings. The van der Waals surface area contributed by atoms with E-state index in [0.29, 0.717) is 13.0 Å². The van der Waals surface area contributed by atoms with Crippen LogP contribution in [-0.4, -0.2) is 57.4 Å². The predicted octanol–water partition coefficient (Wildman–Crippen LogP) is 2.83. The number of aliphatic hydroxyl groups excluding tert-OH is 1. The molecule has 2 atom stereocenters. The van der Waals surface area contributed by atoms with Crippen LogP contribution in [0.15, 0.2) is 38.8 Å². The average Bonchev–Trinajstić information content (AvgIpc) is 3.16. The van der Waals surface area contributed by atoms with Crippen molar-refractivity contribution in [3.63, 3.8) is 0 Å². The Morgan fingerprint density at radius 2 is 1.97 bits per heavy atom. The highest BCUT2D eigenvalue weighted by atomic mass is 32.2. The van der Waals surface area contributed by atoms with Crippen molar-refractivity contribution in [3.05, 3.63) is 29.5 Å². The summed E-state index contributed by atoms with van der Waals surface area (Å²) in [5.41, 5.74) is 0.0954. The lowest BCUT2D eigenvalue weighted by Crippen LogP contribution is -2.51. The Balaban J connectivity index is 1.73. The second kappa shape index (κ2) is 8.26. The lowest BCUT2D eigenvalue weighted by Gasteiger charge is -2.40. The number of nitrogens with one attached hydrogen (secondary N) is 2. The number of sulfonamides is 2. The molecule has 1 saturated carbocycles. The molecule has 0 aromatic heterocycles. The Hall–Kier alpha value is -2.60. The normalized spacial score (nSPS) is 24.3. The summed E-state index contributed by atoms with van der Waals surface area (Å²) in [5.74, 6) is -1.04. The molecule has 34 heavy (non-hydrogen) atoms. The molecular weight excluding hydrogens is 480 g/mol. The lowest BCUT2D eigenvalue weighted by molar-refractivity contribution is -0.131. The Labute approximate surface area is 200 Å². The highest BCUT2D eigenvalue weighted by molar-refractivity contribution is 7.92. The number of aliphatic hydroxyl groups is 1. The van der Waals surface area contributed by atoms with Gasteiger partial charge in [0.1, 0.15) is 16.2 Å². The number of rotatable bonds is 5. The van der Waals surface area contributed by atoms with E-state index in [1.165, 1.54) is 18.2 Å². The van der Waals surface area contributed by atoms with Gasteiger partial charge in [-0.3, -0.25) is 9.52 Å². The van der Waals surface area contributed by atoms with Crippen molar-refractivity contribution in [3.8, 4) is 0 Å². The quantitative estimate of drug-likeness (QED) is 0.552. The van der Waals surface area contributed by atoms with Crippen molar-refractivity contribution >= 4 is 43.2 Å².